The Morgan fingerprint density at radius 3 is 1.29 bits per heavy atom. The number of aromatic carboxylic acids is 1. The molecule has 0 aliphatic carbocycles. The summed E-state index contributed by atoms with van der Waals surface area (Å²) in [5, 5.41) is 35.9. The summed E-state index contributed by atoms with van der Waals surface area (Å²) in [5.41, 5.74) is 5.52. The summed E-state index contributed by atoms with van der Waals surface area (Å²) in [5.74, 6) is 1.31. The second-order valence-electron chi connectivity index (χ2n) is 17.2. The molecule has 0 amide bonds. The first-order chi connectivity index (χ1) is 34.7. The number of benzene rings is 3. The minimum absolute atomic E-state index is 0. The summed E-state index contributed by atoms with van der Waals surface area (Å²) >= 11 is 0. The maximum absolute atomic E-state index is 11.5. The zero-order chi connectivity index (χ0) is 52.0. The van der Waals surface area contributed by atoms with Crippen molar-refractivity contribution in [2.75, 3.05) is 101 Å². The Balaban J connectivity index is 0.000000352. The van der Waals surface area contributed by atoms with Gasteiger partial charge in [0.2, 0.25) is 0 Å². The van der Waals surface area contributed by atoms with Crippen LogP contribution in [0.2, 0.25) is 0 Å². The van der Waals surface area contributed by atoms with Crippen LogP contribution < -0.4 is 66.1 Å². The van der Waals surface area contributed by atoms with Crippen LogP contribution in [-0.2, 0) is 17.0 Å². The van der Waals surface area contributed by atoms with Gasteiger partial charge in [-0.25, -0.2) is 19.7 Å². The van der Waals surface area contributed by atoms with Gasteiger partial charge in [0.1, 0.15) is 29.1 Å². The third-order valence-electron chi connectivity index (χ3n) is 12.1. The third-order valence-corrected chi connectivity index (χ3v) is 12.1. The number of nitrogens with zero attached hydrogens (tertiary/aromatic N) is 10. The van der Waals surface area contributed by atoms with E-state index in [-0.39, 0.29) is 101 Å². The monoisotopic (exact) mass is 1070 g/mol. The number of carboxylic acid groups (broad SMARTS) is 1. The van der Waals surface area contributed by atoms with E-state index in [1.165, 1.54) is 16.7 Å². The molecule has 398 valence electrons. The molecule has 3 aromatic heterocycles. The standard InChI is InChI=1S/C17H18N4.C17H19N3O2.C17H21N3O.C2H6O.CH4.K.H2O4S.H2O/c1-20-10-11-21(17-15(12-18)8-5-9-19-17)16(13-20)14-6-3-2-4-7-14;1-19-10-11-20(15(12-19)13-6-3-2-4-7-13)16-14(17(21)22)8-5-9-18-16;1-19-10-11-20(17-15(13-21)8-5-9-18-17)16(12-19)14-6-3-2-4-7-14;1-2-3;;;1-5(2,3)4;/h2-9,16H,10-11,13H2,1H3;2-9,15H,10-12H2,1H3,(H,21,22);2-9,16,21H,10-13H2,1H3;3H,2H2,1H3;1H4;;(H2,1,2,3,4);1H2/q;;;;;+1;;/p-1. The van der Waals surface area contributed by atoms with Gasteiger partial charge in [-0.15, -0.1) is 0 Å². The predicted molar refractivity (Wildman–Crippen MR) is 288 cm³/mol. The molecule has 21 heteroatoms. The first-order valence-corrected chi connectivity index (χ1v) is 25.0. The largest absolute Gasteiger partial charge is 1.00 e. The summed E-state index contributed by atoms with van der Waals surface area (Å²) in [6.07, 6.45) is 5.22. The molecule has 6 heterocycles. The molecular formula is C54H71KN10O9S. The SMILES string of the molecule is C.CCO.CN1CCN(c2ncccc2C#N)C(c2ccccc2)C1.CN1CCN(c2ncccc2C(=O)O)C(c2ccccc2)C1.CN1CCN(c2ncccc2CO)C(c2ccccc2)C1.O=S(=O)(O)O.[K+].[OH-]. The van der Waals surface area contributed by atoms with Gasteiger partial charge < -0.3 is 50.2 Å². The third kappa shape index (κ3) is 20.3. The van der Waals surface area contributed by atoms with Gasteiger partial charge in [-0.05, 0) is 75.1 Å². The van der Waals surface area contributed by atoms with Crippen LogP contribution in [0.1, 0.15) is 70.7 Å². The normalized spacial score (nSPS) is 17.5. The number of rotatable bonds is 8. The van der Waals surface area contributed by atoms with Crippen molar-refractivity contribution in [3.8, 4) is 6.07 Å². The molecule has 3 saturated heterocycles. The van der Waals surface area contributed by atoms with Gasteiger partial charge in [0.05, 0.1) is 30.3 Å². The van der Waals surface area contributed by atoms with Crippen LogP contribution in [0, 0.1) is 11.3 Å². The number of nitriles is 1. The number of aromatic nitrogens is 3. The molecule has 3 fully saturated rings. The molecule has 0 saturated carbocycles. The first kappa shape index (κ1) is 65.8. The van der Waals surface area contributed by atoms with E-state index >= 15 is 0 Å². The van der Waals surface area contributed by atoms with Crippen molar-refractivity contribution >= 4 is 33.8 Å². The fraction of sp³-hybridized carbons (Fsp3) is 0.352. The Labute approximate surface area is 485 Å². The van der Waals surface area contributed by atoms with Crippen molar-refractivity contribution < 1.29 is 94.5 Å². The van der Waals surface area contributed by atoms with Crippen LogP contribution in [0.25, 0.3) is 0 Å². The number of pyridine rings is 3. The van der Waals surface area contributed by atoms with Gasteiger partial charge in [0, 0.05) is 89.7 Å². The quantitative estimate of drug-likeness (QED) is 0.108. The minimum atomic E-state index is -4.67. The van der Waals surface area contributed by atoms with Gasteiger partial charge >= 0.3 is 67.8 Å². The van der Waals surface area contributed by atoms with Crippen molar-refractivity contribution in [2.24, 2.45) is 0 Å². The predicted octanol–water partition coefficient (Wildman–Crippen LogP) is 3.60. The summed E-state index contributed by atoms with van der Waals surface area (Å²) in [7, 11) is 1.71. The van der Waals surface area contributed by atoms with E-state index in [1.54, 1.807) is 37.6 Å². The van der Waals surface area contributed by atoms with E-state index in [9.17, 15) is 20.3 Å². The van der Waals surface area contributed by atoms with Crippen LogP contribution in [0.15, 0.2) is 146 Å². The number of carbonyl (C=O) groups is 1. The van der Waals surface area contributed by atoms with Crippen LogP contribution >= 0.6 is 0 Å². The van der Waals surface area contributed by atoms with Gasteiger partial charge in [0.25, 0.3) is 0 Å². The van der Waals surface area contributed by atoms with E-state index in [4.69, 9.17) is 22.6 Å². The molecule has 6 aromatic rings. The van der Waals surface area contributed by atoms with E-state index in [0.717, 1.165) is 76.1 Å². The number of piperazine rings is 3. The Morgan fingerprint density at radius 1 is 0.587 bits per heavy atom. The molecule has 3 aliphatic heterocycles. The zero-order valence-electron chi connectivity index (χ0n) is 42.7. The minimum Gasteiger partial charge on any atom is -0.870 e. The van der Waals surface area contributed by atoms with Crippen molar-refractivity contribution in [2.45, 2.75) is 39.1 Å². The zero-order valence-corrected chi connectivity index (χ0v) is 46.6. The fourth-order valence-corrected chi connectivity index (χ4v) is 8.72. The van der Waals surface area contributed by atoms with Gasteiger partial charge in [0.15, 0.2) is 0 Å². The molecule has 3 aromatic carbocycles. The molecule has 9 rings (SSSR count). The number of hydrogen-bond donors (Lipinski definition) is 5. The second-order valence-corrected chi connectivity index (χ2v) is 18.1. The Hall–Kier alpha value is -5.26. The van der Waals surface area contributed by atoms with Gasteiger partial charge in [-0.1, -0.05) is 104 Å². The molecule has 3 atom stereocenters. The van der Waals surface area contributed by atoms with E-state index in [1.807, 2.05) is 54.6 Å². The van der Waals surface area contributed by atoms with Crippen LogP contribution in [0.5, 0.6) is 0 Å². The van der Waals surface area contributed by atoms with E-state index in [0.29, 0.717) is 11.4 Å². The molecule has 0 bridgehead atoms. The molecule has 3 unspecified atom stereocenters. The van der Waals surface area contributed by atoms with Crippen molar-refractivity contribution in [1.82, 2.24) is 29.7 Å². The van der Waals surface area contributed by atoms with E-state index < -0.39 is 16.4 Å². The van der Waals surface area contributed by atoms with Crippen molar-refractivity contribution in [3.05, 3.63) is 179 Å². The number of carboxylic acids is 1. The number of aliphatic hydroxyl groups is 2. The van der Waals surface area contributed by atoms with Gasteiger partial charge in [-0.3, -0.25) is 9.11 Å². The first-order valence-electron chi connectivity index (χ1n) is 23.6. The number of anilines is 3. The Bertz CT molecular complexity index is 2730. The molecule has 3 aliphatic rings. The van der Waals surface area contributed by atoms with E-state index in [2.05, 4.69) is 132 Å². The van der Waals surface area contributed by atoms with Crippen molar-refractivity contribution in [3.63, 3.8) is 0 Å². The number of aliphatic hydroxyl groups excluding tert-OH is 2. The smallest absolute Gasteiger partial charge is 0.870 e. The maximum atomic E-state index is 11.5. The van der Waals surface area contributed by atoms with Gasteiger partial charge in [-0.2, -0.15) is 13.7 Å². The summed E-state index contributed by atoms with van der Waals surface area (Å²) in [6, 6.07) is 44.8. The van der Waals surface area contributed by atoms with Crippen LogP contribution in [-0.4, -0.2) is 161 Å². The Kier molecular flexibility index (Phi) is 29.6. The van der Waals surface area contributed by atoms with Crippen molar-refractivity contribution in [1.29, 1.82) is 5.26 Å². The number of likely N-dealkylation sites (N-methyl/N-ethyl adjacent to an activating group) is 3. The Morgan fingerprint density at radius 2 is 0.920 bits per heavy atom. The molecule has 6 N–H and O–H groups in total. The molecule has 0 spiro atoms. The van der Waals surface area contributed by atoms with Crippen LogP contribution in [0.4, 0.5) is 17.5 Å². The fourth-order valence-electron chi connectivity index (χ4n) is 8.72. The average Bonchev–Trinajstić information content (AvgIpc) is 3.39. The summed E-state index contributed by atoms with van der Waals surface area (Å²) in [4.78, 5) is 38.4. The second kappa shape index (κ2) is 33.7. The summed E-state index contributed by atoms with van der Waals surface area (Å²) in [6.45, 7) is 10.1. The average molecular weight is 1080 g/mol. The topological polar surface area (TPSA) is 264 Å². The number of hydrogen-bond acceptors (Lipinski definition) is 16. The van der Waals surface area contributed by atoms with Crippen LogP contribution in [0.3, 0.4) is 0 Å². The molecule has 0 radical (unpaired) electrons. The molecular weight excluding hydrogens is 1000 g/mol. The summed E-state index contributed by atoms with van der Waals surface area (Å²) < 4.78 is 31.6. The maximum Gasteiger partial charge on any atom is 1.00 e. The molecule has 75 heavy (non-hydrogen) atoms. The molecule has 19 nitrogen and oxygen atoms in total.